The van der Waals surface area contributed by atoms with Gasteiger partial charge in [-0.15, -0.1) is 0 Å². The number of nitrogens with one attached hydrogen (secondary N) is 1. The zero-order valence-electron chi connectivity index (χ0n) is 9.52. The third kappa shape index (κ3) is 2.35. The summed E-state index contributed by atoms with van der Waals surface area (Å²) in [5.74, 6) is -0.581. The van der Waals surface area contributed by atoms with E-state index >= 15 is 0 Å². The lowest BCUT2D eigenvalue weighted by Gasteiger charge is -2.22. The molecule has 0 spiro atoms. The third-order valence-corrected chi connectivity index (χ3v) is 2.24. The fourth-order valence-electron chi connectivity index (χ4n) is 1.61. The monoisotopic (exact) mass is 209 g/mol. The first-order valence-electron chi connectivity index (χ1n) is 4.89. The van der Waals surface area contributed by atoms with E-state index in [1.807, 2.05) is 20.8 Å². The van der Waals surface area contributed by atoms with Crippen molar-refractivity contribution in [2.24, 2.45) is 0 Å². The molecule has 0 unspecified atom stereocenters. The molecule has 0 atom stereocenters. The van der Waals surface area contributed by atoms with Crippen LogP contribution < -0.4 is 5.32 Å². The maximum Gasteiger partial charge on any atom is 0.251 e. The van der Waals surface area contributed by atoms with E-state index in [1.54, 1.807) is 19.2 Å². The van der Waals surface area contributed by atoms with Gasteiger partial charge in [-0.2, -0.15) is 0 Å². The molecule has 1 aromatic rings. The van der Waals surface area contributed by atoms with Gasteiger partial charge in [0.25, 0.3) is 5.91 Å². The van der Waals surface area contributed by atoms with Crippen LogP contribution in [0.25, 0.3) is 0 Å². The quantitative estimate of drug-likeness (QED) is 0.756. The average molecular weight is 209 g/mol. The topological polar surface area (TPSA) is 29.1 Å². The number of carbonyl (C=O) groups is 1. The Morgan fingerprint density at radius 1 is 1.33 bits per heavy atom. The highest BCUT2D eigenvalue weighted by atomic mass is 19.1. The summed E-state index contributed by atoms with van der Waals surface area (Å²) in [5.41, 5.74) is 0.488. The highest BCUT2D eigenvalue weighted by molar-refractivity contribution is 5.95. The zero-order valence-corrected chi connectivity index (χ0v) is 9.52. The van der Waals surface area contributed by atoms with Crippen LogP contribution in [0, 0.1) is 5.82 Å². The smallest absolute Gasteiger partial charge is 0.251 e. The van der Waals surface area contributed by atoms with E-state index in [9.17, 15) is 9.18 Å². The van der Waals surface area contributed by atoms with Gasteiger partial charge >= 0.3 is 0 Å². The first-order valence-corrected chi connectivity index (χ1v) is 4.89. The first-order chi connectivity index (χ1) is 6.88. The van der Waals surface area contributed by atoms with E-state index in [4.69, 9.17) is 0 Å². The van der Waals surface area contributed by atoms with Crippen LogP contribution in [0.3, 0.4) is 0 Å². The van der Waals surface area contributed by atoms with Crippen molar-refractivity contribution in [3.63, 3.8) is 0 Å². The maximum atomic E-state index is 13.7. The van der Waals surface area contributed by atoms with Crippen LogP contribution in [0.5, 0.6) is 0 Å². The molecule has 0 fully saturated rings. The van der Waals surface area contributed by atoms with Crippen molar-refractivity contribution in [2.45, 2.75) is 26.2 Å². The van der Waals surface area contributed by atoms with Crippen LogP contribution in [0.4, 0.5) is 4.39 Å². The van der Waals surface area contributed by atoms with Gasteiger partial charge in [0.2, 0.25) is 0 Å². The van der Waals surface area contributed by atoms with E-state index < -0.39 is 0 Å². The average Bonchev–Trinajstić information content (AvgIpc) is 2.14. The van der Waals surface area contributed by atoms with Crippen LogP contribution in [-0.4, -0.2) is 13.0 Å². The van der Waals surface area contributed by atoms with Crippen LogP contribution in [-0.2, 0) is 5.41 Å². The summed E-state index contributed by atoms with van der Waals surface area (Å²) in [5, 5.41) is 2.52. The number of hydrogen-bond acceptors (Lipinski definition) is 1. The Bertz CT molecular complexity index is 380. The lowest BCUT2D eigenvalue weighted by atomic mass is 9.83. The molecule has 0 aliphatic rings. The predicted octanol–water partition coefficient (Wildman–Crippen LogP) is 2.48. The highest BCUT2D eigenvalue weighted by Crippen LogP contribution is 2.28. The molecule has 3 heteroatoms. The molecule has 0 aliphatic heterocycles. The number of benzene rings is 1. The second-order valence-electron chi connectivity index (χ2n) is 4.49. The van der Waals surface area contributed by atoms with Crippen LogP contribution in [0.15, 0.2) is 18.2 Å². The summed E-state index contributed by atoms with van der Waals surface area (Å²) in [6.07, 6.45) is 0. The van der Waals surface area contributed by atoms with Crippen molar-refractivity contribution in [2.75, 3.05) is 7.05 Å². The summed E-state index contributed by atoms with van der Waals surface area (Å²) in [7, 11) is 1.54. The Morgan fingerprint density at radius 2 is 1.93 bits per heavy atom. The Hall–Kier alpha value is -1.38. The molecular formula is C12H16FNO. The second-order valence-corrected chi connectivity index (χ2v) is 4.49. The van der Waals surface area contributed by atoms with E-state index in [1.165, 1.54) is 6.07 Å². The summed E-state index contributed by atoms with van der Waals surface area (Å²) < 4.78 is 13.7. The fourth-order valence-corrected chi connectivity index (χ4v) is 1.61. The molecule has 1 rings (SSSR count). The molecular weight excluding hydrogens is 193 g/mol. The SMILES string of the molecule is CNC(=O)c1cccc(F)c1C(C)(C)C. The van der Waals surface area contributed by atoms with Gasteiger partial charge < -0.3 is 5.32 Å². The molecule has 0 aromatic heterocycles. The number of carbonyl (C=O) groups excluding carboxylic acids is 1. The van der Waals surface area contributed by atoms with Gasteiger partial charge in [-0.3, -0.25) is 4.79 Å². The molecule has 15 heavy (non-hydrogen) atoms. The molecule has 0 saturated carbocycles. The zero-order chi connectivity index (χ0) is 11.6. The van der Waals surface area contributed by atoms with Crippen molar-refractivity contribution < 1.29 is 9.18 Å². The van der Waals surface area contributed by atoms with Crippen LogP contribution >= 0.6 is 0 Å². The molecule has 1 N–H and O–H groups in total. The van der Waals surface area contributed by atoms with Crippen molar-refractivity contribution in [1.82, 2.24) is 5.32 Å². The highest BCUT2D eigenvalue weighted by Gasteiger charge is 2.24. The molecule has 0 aliphatic carbocycles. The number of halogens is 1. The van der Waals surface area contributed by atoms with Crippen molar-refractivity contribution in [3.8, 4) is 0 Å². The molecule has 0 bridgehead atoms. The van der Waals surface area contributed by atoms with Gasteiger partial charge in [0.15, 0.2) is 0 Å². The van der Waals surface area contributed by atoms with E-state index in [-0.39, 0.29) is 17.1 Å². The minimum atomic E-state index is -0.382. The maximum absolute atomic E-state index is 13.7. The molecule has 2 nitrogen and oxygen atoms in total. The summed E-state index contributed by atoms with van der Waals surface area (Å²) in [6.45, 7) is 5.66. The standard InChI is InChI=1S/C12H16FNO/c1-12(2,3)10-8(11(15)14-4)6-5-7-9(10)13/h5-7H,1-4H3,(H,14,15). The Balaban J connectivity index is 3.40. The first kappa shape index (κ1) is 11.7. The third-order valence-electron chi connectivity index (χ3n) is 2.24. The van der Waals surface area contributed by atoms with Gasteiger partial charge in [0, 0.05) is 18.2 Å². The molecule has 0 heterocycles. The normalized spacial score (nSPS) is 11.3. The molecule has 1 amide bonds. The van der Waals surface area contributed by atoms with Crippen molar-refractivity contribution in [3.05, 3.63) is 35.1 Å². The molecule has 0 saturated heterocycles. The minimum Gasteiger partial charge on any atom is -0.355 e. The van der Waals surface area contributed by atoms with E-state index in [0.29, 0.717) is 11.1 Å². The van der Waals surface area contributed by atoms with E-state index in [0.717, 1.165) is 0 Å². The molecule has 0 radical (unpaired) electrons. The summed E-state index contributed by atoms with van der Waals surface area (Å²) in [4.78, 5) is 11.6. The number of amides is 1. The van der Waals surface area contributed by atoms with Gasteiger partial charge in [0.1, 0.15) is 5.82 Å². The lowest BCUT2D eigenvalue weighted by molar-refractivity contribution is 0.0960. The molecule has 82 valence electrons. The molecule has 1 aromatic carbocycles. The Labute approximate surface area is 89.5 Å². The van der Waals surface area contributed by atoms with E-state index in [2.05, 4.69) is 5.32 Å². The van der Waals surface area contributed by atoms with Crippen LogP contribution in [0.1, 0.15) is 36.7 Å². The lowest BCUT2D eigenvalue weighted by Crippen LogP contribution is -2.25. The summed E-state index contributed by atoms with van der Waals surface area (Å²) in [6, 6.07) is 4.57. The second kappa shape index (κ2) is 4.01. The Morgan fingerprint density at radius 3 is 2.40 bits per heavy atom. The number of hydrogen-bond donors (Lipinski definition) is 1. The largest absolute Gasteiger partial charge is 0.355 e. The van der Waals surface area contributed by atoms with Crippen LogP contribution in [0.2, 0.25) is 0 Å². The minimum absolute atomic E-state index is 0.251. The number of rotatable bonds is 1. The predicted molar refractivity (Wildman–Crippen MR) is 58.5 cm³/mol. The van der Waals surface area contributed by atoms with Gasteiger partial charge in [0.05, 0.1) is 0 Å². The summed E-state index contributed by atoms with van der Waals surface area (Å²) >= 11 is 0. The Kier molecular flexibility index (Phi) is 3.12. The van der Waals surface area contributed by atoms with Gasteiger partial charge in [-0.1, -0.05) is 26.8 Å². The van der Waals surface area contributed by atoms with Crippen molar-refractivity contribution in [1.29, 1.82) is 0 Å². The van der Waals surface area contributed by atoms with Gasteiger partial charge in [-0.25, -0.2) is 4.39 Å². The fraction of sp³-hybridized carbons (Fsp3) is 0.417. The van der Waals surface area contributed by atoms with Crippen molar-refractivity contribution >= 4 is 5.91 Å². The van der Waals surface area contributed by atoms with Gasteiger partial charge in [-0.05, 0) is 17.5 Å².